The SMILES string of the molecule is CC(=O)Nc1c(O)nc(SC(C)C(=O)Nc2ccccc2C(N)=O)[nH]c1=O. The lowest BCUT2D eigenvalue weighted by molar-refractivity contribution is -0.115. The second kappa shape index (κ2) is 8.36. The Labute approximate surface area is 157 Å². The summed E-state index contributed by atoms with van der Waals surface area (Å²) in [7, 11) is 0. The van der Waals surface area contributed by atoms with Gasteiger partial charge >= 0.3 is 0 Å². The van der Waals surface area contributed by atoms with Crippen molar-refractivity contribution in [2.24, 2.45) is 5.73 Å². The van der Waals surface area contributed by atoms with Gasteiger partial charge in [-0.05, 0) is 19.1 Å². The molecule has 2 aromatic rings. The molecule has 3 amide bonds. The zero-order valence-corrected chi connectivity index (χ0v) is 15.2. The number of nitrogens with two attached hydrogens (primary N) is 1. The molecule has 10 nitrogen and oxygen atoms in total. The largest absolute Gasteiger partial charge is 0.492 e. The number of aromatic amines is 1. The Hall–Kier alpha value is -3.34. The van der Waals surface area contributed by atoms with Crippen LogP contribution in [0.5, 0.6) is 5.88 Å². The summed E-state index contributed by atoms with van der Waals surface area (Å²) in [6.45, 7) is 2.73. The maximum atomic E-state index is 12.4. The number of amides is 3. The lowest BCUT2D eigenvalue weighted by Gasteiger charge is -2.13. The van der Waals surface area contributed by atoms with Gasteiger partial charge in [0.05, 0.1) is 16.5 Å². The van der Waals surface area contributed by atoms with Gasteiger partial charge < -0.3 is 21.5 Å². The van der Waals surface area contributed by atoms with E-state index in [1.54, 1.807) is 19.1 Å². The maximum absolute atomic E-state index is 12.4. The fourth-order valence-corrected chi connectivity index (χ4v) is 2.84. The Bertz CT molecular complexity index is 958. The number of anilines is 2. The minimum atomic E-state index is -0.758. The highest BCUT2D eigenvalue weighted by Gasteiger charge is 2.20. The Balaban J connectivity index is 2.14. The van der Waals surface area contributed by atoms with E-state index < -0.39 is 34.4 Å². The van der Waals surface area contributed by atoms with Crippen LogP contribution in [0.15, 0.2) is 34.2 Å². The van der Waals surface area contributed by atoms with Crippen LogP contribution in [0.25, 0.3) is 0 Å². The third-order valence-electron chi connectivity index (χ3n) is 3.29. The van der Waals surface area contributed by atoms with Gasteiger partial charge in [-0.25, -0.2) is 0 Å². The molecule has 0 bridgehead atoms. The molecule has 0 radical (unpaired) electrons. The summed E-state index contributed by atoms with van der Waals surface area (Å²) in [6, 6.07) is 6.26. The number of aromatic hydroxyl groups is 1. The van der Waals surface area contributed by atoms with Gasteiger partial charge in [-0.15, -0.1) is 0 Å². The highest BCUT2D eigenvalue weighted by molar-refractivity contribution is 8.00. The van der Waals surface area contributed by atoms with Gasteiger partial charge in [0.25, 0.3) is 11.5 Å². The monoisotopic (exact) mass is 391 g/mol. The number of H-pyrrole nitrogens is 1. The topological polar surface area (TPSA) is 167 Å². The summed E-state index contributed by atoms with van der Waals surface area (Å²) in [5.41, 5.74) is 4.55. The number of benzene rings is 1. The number of hydrogen-bond donors (Lipinski definition) is 5. The molecule has 1 aromatic heterocycles. The van der Waals surface area contributed by atoms with Gasteiger partial charge in [-0.3, -0.25) is 24.2 Å². The quantitative estimate of drug-likeness (QED) is 0.356. The van der Waals surface area contributed by atoms with Crippen LogP contribution in [-0.2, 0) is 9.59 Å². The first kappa shape index (κ1) is 20.0. The average Bonchev–Trinajstić information content (AvgIpc) is 2.58. The van der Waals surface area contributed by atoms with Gasteiger partial charge in [-0.1, -0.05) is 23.9 Å². The molecule has 0 saturated carbocycles. The number of para-hydroxylation sites is 1. The summed E-state index contributed by atoms with van der Waals surface area (Å²) >= 11 is 0.874. The zero-order valence-electron chi connectivity index (χ0n) is 14.4. The van der Waals surface area contributed by atoms with Crippen molar-refractivity contribution in [2.75, 3.05) is 10.6 Å². The molecule has 6 N–H and O–H groups in total. The minimum absolute atomic E-state index is 0.0163. The molecule has 11 heteroatoms. The van der Waals surface area contributed by atoms with Crippen LogP contribution in [0, 0.1) is 0 Å². The van der Waals surface area contributed by atoms with E-state index in [-0.39, 0.29) is 22.1 Å². The molecule has 2 rings (SSSR count). The van der Waals surface area contributed by atoms with Crippen LogP contribution >= 0.6 is 11.8 Å². The molecule has 1 unspecified atom stereocenters. The molecule has 27 heavy (non-hydrogen) atoms. The zero-order chi connectivity index (χ0) is 20.1. The third kappa shape index (κ3) is 5.07. The van der Waals surface area contributed by atoms with E-state index in [1.165, 1.54) is 19.1 Å². The summed E-state index contributed by atoms with van der Waals surface area (Å²) in [6.07, 6.45) is 0. The second-order valence-electron chi connectivity index (χ2n) is 5.41. The van der Waals surface area contributed by atoms with Crippen molar-refractivity contribution in [1.82, 2.24) is 9.97 Å². The molecule has 0 aliphatic carbocycles. The molecular weight excluding hydrogens is 374 g/mol. The number of nitrogens with zero attached hydrogens (tertiary/aromatic N) is 1. The van der Waals surface area contributed by atoms with E-state index in [1.807, 2.05) is 0 Å². The number of hydrogen-bond acceptors (Lipinski definition) is 7. The van der Waals surface area contributed by atoms with Crippen LogP contribution in [0.4, 0.5) is 11.4 Å². The Morgan fingerprint density at radius 2 is 1.93 bits per heavy atom. The number of primary amides is 1. The summed E-state index contributed by atoms with van der Waals surface area (Å²) < 4.78 is 0. The van der Waals surface area contributed by atoms with Crippen molar-refractivity contribution in [3.63, 3.8) is 0 Å². The van der Waals surface area contributed by atoms with Gasteiger partial charge in [-0.2, -0.15) is 4.98 Å². The van der Waals surface area contributed by atoms with Crippen LogP contribution in [0.1, 0.15) is 24.2 Å². The van der Waals surface area contributed by atoms with Crippen molar-refractivity contribution < 1.29 is 19.5 Å². The number of carbonyl (C=O) groups excluding carboxylic acids is 3. The Kier molecular flexibility index (Phi) is 6.19. The molecule has 142 valence electrons. The smallest absolute Gasteiger partial charge is 0.279 e. The van der Waals surface area contributed by atoms with Crippen molar-refractivity contribution in [3.05, 3.63) is 40.2 Å². The van der Waals surface area contributed by atoms with E-state index in [4.69, 9.17) is 5.73 Å². The predicted molar refractivity (Wildman–Crippen MR) is 99.7 cm³/mol. The highest BCUT2D eigenvalue weighted by atomic mass is 32.2. The first-order chi connectivity index (χ1) is 12.7. The lowest BCUT2D eigenvalue weighted by atomic mass is 10.1. The van der Waals surface area contributed by atoms with Gasteiger partial charge in [0.15, 0.2) is 10.8 Å². The number of rotatable bonds is 6. The summed E-state index contributed by atoms with van der Waals surface area (Å²) in [4.78, 5) is 52.8. The van der Waals surface area contributed by atoms with Gasteiger partial charge in [0.1, 0.15) is 0 Å². The summed E-state index contributed by atoms with van der Waals surface area (Å²) in [5, 5.41) is 13.8. The molecular formula is C16H17N5O5S. The van der Waals surface area contributed by atoms with E-state index in [0.29, 0.717) is 0 Å². The van der Waals surface area contributed by atoms with Crippen LogP contribution in [0.3, 0.4) is 0 Å². The van der Waals surface area contributed by atoms with Crippen molar-refractivity contribution in [2.45, 2.75) is 24.3 Å². The van der Waals surface area contributed by atoms with E-state index in [2.05, 4.69) is 20.6 Å². The number of carbonyl (C=O) groups is 3. The van der Waals surface area contributed by atoms with Crippen molar-refractivity contribution >= 4 is 40.9 Å². The second-order valence-corrected chi connectivity index (χ2v) is 6.74. The molecule has 0 aliphatic heterocycles. The fraction of sp³-hybridized carbons (Fsp3) is 0.188. The minimum Gasteiger partial charge on any atom is -0.492 e. The molecule has 0 aliphatic rings. The lowest BCUT2D eigenvalue weighted by Crippen LogP contribution is -2.25. The van der Waals surface area contributed by atoms with Gasteiger partial charge in [0, 0.05) is 6.92 Å². The van der Waals surface area contributed by atoms with Crippen LogP contribution < -0.4 is 21.9 Å². The molecule has 1 atom stereocenters. The molecule has 0 fully saturated rings. The number of aromatic nitrogens is 2. The van der Waals surface area contributed by atoms with Crippen LogP contribution in [0.2, 0.25) is 0 Å². The molecule has 0 saturated heterocycles. The maximum Gasteiger partial charge on any atom is 0.279 e. The summed E-state index contributed by atoms with van der Waals surface area (Å²) in [5.74, 6) is -2.36. The standard InChI is InChI=1S/C16H17N5O5S/c1-7(13(24)19-10-6-4-3-5-9(10)12(17)23)27-16-20-14(25)11(15(26)21-16)18-8(2)22/h3-7H,1-2H3,(H2,17,23)(H,18,22)(H,19,24)(H2,20,21,25,26). The highest BCUT2D eigenvalue weighted by Crippen LogP contribution is 2.24. The van der Waals surface area contributed by atoms with Crippen LogP contribution in [-0.4, -0.2) is 38.0 Å². The number of nitrogens with one attached hydrogen (secondary N) is 3. The van der Waals surface area contributed by atoms with E-state index >= 15 is 0 Å². The first-order valence-corrected chi connectivity index (χ1v) is 8.54. The number of thioether (sulfide) groups is 1. The first-order valence-electron chi connectivity index (χ1n) is 7.66. The van der Waals surface area contributed by atoms with Gasteiger partial charge in [0.2, 0.25) is 17.7 Å². The molecule has 0 spiro atoms. The van der Waals surface area contributed by atoms with E-state index in [9.17, 15) is 24.3 Å². The Morgan fingerprint density at radius 1 is 1.26 bits per heavy atom. The third-order valence-corrected chi connectivity index (χ3v) is 4.27. The fourth-order valence-electron chi connectivity index (χ4n) is 2.05. The Morgan fingerprint density at radius 3 is 2.52 bits per heavy atom. The normalized spacial score (nSPS) is 11.5. The predicted octanol–water partition coefficient (Wildman–Crippen LogP) is 0.652. The van der Waals surface area contributed by atoms with E-state index in [0.717, 1.165) is 11.8 Å². The average molecular weight is 391 g/mol. The molecule has 1 aromatic carbocycles. The van der Waals surface area contributed by atoms with Crippen molar-refractivity contribution in [3.8, 4) is 5.88 Å². The van der Waals surface area contributed by atoms with Crippen molar-refractivity contribution in [1.29, 1.82) is 0 Å². The molecule has 1 heterocycles.